The summed E-state index contributed by atoms with van der Waals surface area (Å²) >= 11 is 6.28. The number of aromatic nitrogens is 5. The summed E-state index contributed by atoms with van der Waals surface area (Å²) in [4.78, 5) is 71.0. The number of carboxylic acids is 1. The molecule has 56 heavy (non-hydrogen) atoms. The van der Waals surface area contributed by atoms with Crippen molar-refractivity contribution in [3.8, 4) is 5.69 Å². The van der Waals surface area contributed by atoms with Gasteiger partial charge < -0.3 is 30.5 Å². The van der Waals surface area contributed by atoms with Crippen LogP contribution in [0.1, 0.15) is 16.1 Å². The molecule has 5 N–H and O–H groups in total. The fourth-order valence-electron chi connectivity index (χ4n) is 6.13. The third-order valence-corrected chi connectivity index (χ3v) is 10.4. The molecule has 1 saturated heterocycles. The minimum Gasteiger partial charge on any atom is -0.477 e. The normalized spacial score (nSPS) is 13.7. The molecule has 0 aliphatic carbocycles. The van der Waals surface area contributed by atoms with Crippen molar-refractivity contribution in [3.63, 3.8) is 0 Å². The standard InChI is InChI=1S/C36H29ClN10O8S/c37-23-8-13-29(47-20-38-43-44-47)30(19-23)45-14-15-46(34(50)33(45)49)31(32(48)39-25-11-12-27-22(17-25)18-28(41-27)35(51)52)16-21-6-9-24(10-7-21)40-36(53)42-56(54,55)26-4-2-1-3-5-26/h1-13,17-20,31,41H,14-16H2,(H,39,48)(H,51,52)(H2,40,42,53). The zero-order valence-electron chi connectivity index (χ0n) is 28.8. The number of benzene rings is 4. The van der Waals surface area contributed by atoms with Gasteiger partial charge in [-0.1, -0.05) is 41.9 Å². The molecule has 1 atom stereocenters. The molecule has 2 aromatic heterocycles. The predicted molar refractivity (Wildman–Crippen MR) is 202 cm³/mol. The predicted octanol–water partition coefficient (Wildman–Crippen LogP) is 3.43. The summed E-state index contributed by atoms with van der Waals surface area (Å²) < 4.78 is 28.4. The number of carbonyl (C=O) groups excluding carboxylic acids is 4. The number of carbonyl (C=O) groups is 5. The summed E-state index contributed by atoms with van der Waals surface area (Å²) in [6.07, 6.45) is 1.24. The van der Waals surface area contributed by atoms with Gasteiger partial charge in [0.1, 0.15) is 18.1 Å². The van der Waals surface area contributed by atoms with E-state index in [0.717, 1.165) is 0 Å². The van der Waals surface area contributed by atoms with Crippen LogP contribution in [0.25, 0.3) is 16.6 Å². The number of urea groups is 1. The van der Waals surface area contributed by atoms with E-state index >= 15 is 0 Å². The maximum absolute atomic E-state index is 14.1. The van der Waals surface area contributed by atoms with Crippen LogP contribution in [0.5, 0.6) is 0 Å². The Labute approximate surface area is 322 Å². The van der Waals surface area contributed by atoms with E-state index in [1.807, 2.05) is 4.72 Å². The highest BCUT2D eigenvalue weighted by atomic mass is 35.5. The molecule has 5 amide bonds. The molecule has 0 saturated carbocycles. The third kappa shape index (κ3) is 7.88. The van der Waals surface area contributed by atoms with Crippen molar-refractivity contribution in [2.24, 2.45) is 0 Å². The molecule has 0 radical (unpaired) electrons. The molecular weight excluding hydrogens is 768 g/mol. The van der Waals surface area contributed by atoms with Crippen LogP contribution >= 0.6 is 11.6 Å². The molecule has 284 valence electrons. The van der Waals surface area contributed by atoms with E-state index in [-0.39, 0.29) is 41.5 Å². The molecule has 3 heterocycles. The van der Waals surface area contributed by atoms with Crippen molar-refractivity contribution in [1.29, 1.82) is 0 Å². The van der Waals surface area contributed by atoms with Gasteiger partial charge in [0.2, 0.25) is 5.91 Å². The van der Waals surface area contributed by atoms with Gasteiger partial charge in [0, 0.05) is 46.8 Å². The number of amides is 5. The van der Waals surface area contributed by atoms with Crippen LogP contribution in [-0.2, 0) is 30.8 Å². The number of rotatable bonds is 11. The van der Waals surface area contributed by atoms with Crippen LogP contribution in [-0.4, -0.2) is 92.5 Å². The van der Waals surface area contributed by atoms with Crippen molar-refractivity contribution >= 4 is 79.3 Å². The quantitative estimate of drug-likeness (QED) is 0.119. The maximum atomic E-state index is 14.1. The van der Waals surface area contributed by atoms with E-state index in [0.29, 0.717) is 32.9 Å². The van der Waals surface area contributed by atoms with Crippen molar-refractivity contribution < 1.29 is 37.5 Å². The lowest BCUT2D eigenvalue weighted by molar-refractivity contribution is -0.149. The number of nitrogens with one attached hydrogen (secondary N) is 4. The number of anilines is 3. The van der Waals surface area contributed by atoms with Crippen molar-refractivity contribution in [1.82, 2.24) is 34.8 Å². The summed E-state index contributed by atoms with van der Waals surface area (Å²) in [5.41, 5.74) is 2.20. The first-order valence-electron chi connectivity index (χ1n) is 16.7. The van der Waals surface area contributed by atoms with Gasteiger partial charge in [-0.25, -0.2) is 22.7 Å². The molecule has 1 aliphatic rings. The van der Waals surface area contributed by atoms with Gasteiger partial charge in [-0.2, -0.15) is 4.68 Å². The number of sulfonamides is 1. The van der Waals surface area contributed by atoms with E-state index in [4.69, 9.17) is 11.6 Å². The van der Waals surface area contributed by atoms with Crippen molar-refractivity contribution in [2.75, 3.05) is 28.6 Å². The summed E-state index contributed by atoms with van der Waals surface area (Å²) in [5, 5.41) is 26.6. The number of piperazine rings is 1. The molecule has 1 fully saturated rings. The Kier molecular flexibility index (Phi) is 10.2. The van der Waals surface area contributed by atoms with E-state index in [1.54, 1.807) is 48.5 Å². The Bertz CT molecular complexity index is 2600. The van der Waals surface area contributed by atoms with Crippen molar-refractivity contribution in [2.45, 2.75) is 17.4 Å². The number of tetrazole rings is 1. The highest BCUT2D eigenvalue weighted by molar-refractivity contribution is 7.90. The first-order chi connectivity index (χ1) is 26.9. The van der Waals surface area contributed by atoms with Gasteiger partial charge in [-0.15, -0.1) is 5.10 Å². The number of hydrogen-bond donors (Lipinski definition) is 5. The lowest BCUT2D eigenvalue weighted by atomic mass is 10.0. The largest absolute Gasteiger partial charge is 0.477 e. The average molecular weight is 797 g/mol. The molecule has 4 aromatic carbocycles. The molecule has 1 aliphatic heterocycles. The maximum Gasteiger partial charge on any atom is 0.352 e. The van der Waals surface area contributed by atoms with Crippen LogP contribution in [0.2, 0.25) is 5.02 Å². The Morgan fingerprint density at radius 3 is 2.32 bits per heavy atom. The minimum absolute atomic E-state index is 0.0268. The highest BCUT2D eigenvalue weighted by Gasteiger charge is 2.40. The summed E-state index contributed by atoms with van der Waals surface area (Å²) in [5.74, 6) is -3.70. The van der Waals surface area contributed by atoms with Gasteiger partial charge in [0.05, 0.1) is 16.3 Å². The van der Waals surface area contributed by atoms with Gasteiger partial charge in [-0.3, -0.25) is 14.4 Å². The SMILES string of the molecule is O=C(Nc1ccc(CC(C(=O)Nc2ccc3[nH]c(C(=O)O)cc3c2)N2CCN(c3cc(Cl)ccc3-n3cnnn3)C(=O)C2=O)cc1)NS(=O)(=O)c1ccccc1. The second kappa shape index (κ2) is 15.3. The van der Waals surface area contributed by atoms with Crippen LogP contribution in [0, 0.1) is 0 Å². The van der Waals surface area contributed by atoms with E-state index in [9.17, 15) is 37.5 Å². The topological polar surface area (TPSA) is 242 Å². The Hall–Kier alpha value is -7.12. The number of fused-ring (bicyclic) bond motifs is 1. The summed E-state index contributed by atoms with van der Waals surface area (Å²) in [6, 6.07) is 22.1. The Morgan fingerprint density at radius 2 is 1.61 bits per heavy atom. The molecule has 0 bridgehead atoms. The molecule has 18 nitrogen and oxygen atoms in total. The number of nitrogens with zero attached hydrogens (tertiary/aromatic N) is 6. The fourth-order valence-corrected chi connectivity index (χ4v) is 7.23. The minimum atomic E-state index is -4.13. The number of carboxylic acid groups (broad SMARTS) is 1. The van der Waals surface area contributed by atoms with Crippen LogP contribution in [0.15, 0.2) is 108 Å². The van der Waals surface area contributed by atoms with Gasteiger partial charge in [0.25, 0.3) is 10.0 Å². The smallest absolute Gasteiger partial charge is 0.352 e. The zero-order valence-corrected chi connectivity index (χ0v) is 30.4. The van der Waals surface area contributed by atoms with Gasteiger partial charge in [-0.05, 0) is 82.7 Å². The van der Waals surface area contributed by atoms with E-state index < -0.39 is 45.8 Å². The second-order valence-electron chi connectivity index (χ2n) is 12.4. The van der Waals surface area contributed by atoms with Gasteiger partial charge in [0.15, 0.2) is 0 Å². The summed E-state index contributed by atoms with van der Waals surface area (Å²) in [6.45, 7) is -0.0975. The highest BCUT2D eigenvalue weighted by Crippen LogP contribution is 2.30. The molecule has 7 rings (SSSR count). The number of H-pyrrole nitrogens is 1. The van der Waals surface area contributed by atoms with Crippen molar-refractivity contribution in [3.05, 3.63) is 120 Å². The zero-order chi connectivity index (χ0) is 39.6. The monoisotopic (exact) mass is 796 g/mol. The molecule has 1 unspecified atom stereocenters. The first kappa shape index (κ1) is 37.2. The molecule has 0 spiro atoms. The van der Waals surface area contributed by atoms with E-state index in [2.05, 4.69) is 31.1 Å². The molecule has 6 aromatic rings. The van der Waals surface area contributed by atoms with E-state index in [1.165, 1.54) is 69.3 Å². The molecular formula is C36H29ClN10O8S. The first-order valence-corrected chi connectivity index (χ1v) is 18.5. The number of halogens is 1. The lowest BCUT2D eigenvalue weighted by Gasteiger charge is -2.38. The summed E-state index contributed by atoms with van der Waals surface area (Å²) in [7, 11) is -4.13. The lowest BCUT2D eigenvalue weighted by Crippen LogP contribution is -2.60. The number of aromatic amines is 1. The third-order valence-electron chi connectivity index (χ3n) is 8.80. The number of hydrogen-bond acceptors (Lipinski definition) is 10. The number of aromatic carboxylic acids is 1. The van der Waals surface area contributed by atoms with Crippen LogP contribution in [0.4, 0.5) is 21.9 Å². The Morgan fingerprint density at radius 1 is 0.857 bits per heavy atom. The van der Waals surface area contributed by atoms with Crippen LogP contribution < -0.4 is 20.3 Å². The fraction of sp³-hybridized carbons (Fsp3) is 0.111. The average Bonchev–Trinajstić information content (AvgIpc) is 3.87. The second-order valence-corrected chi connectivity index (χ2v) is 14.5. The Balaban J connectivity index is 1.13. The molecule has 20 heteroatoms. The van der Waals surface area contributed by atoms with Crippen LogP contribution in [0.3, 0.4) is 0 Å². The van der Waals surface area contributed by atoms with Gasteiger partial charge >= 0.3 is 23.8 Å².